The van der Waals surface area contributed by atoms with Crippen LogP contribution in [0.2, 0.25) is 0 Å². The van der Waals surface area contributed by atoms with Crippen LogP contribution in [-0.2, 0) is 4.65 Å². The summed E-state index contributed by atoms with van der Waals surface area (Å²) in [6.07, 6.45) is 0. The first-order valence-corrected chi connectivity index (χ1v) is 8.84. The van der Waals surface area contributed by atoms with Crippen LogP contribution in [0.5, 0.6) is 0 Å². The van der Waals surface area contributed by atoms with E-state index in [1.54, 1.807) is 21.3 Å². The minimum absolute atomic E-state index is 0.690. The average molecular weight is 345 g/mol. The maximum absolute atomic E-state index is 10.2. The highest BCUT2D eigenvalue weighted by molar-refractivity contribution is 6.47. The Labute approximate surface area is 153 Å². The van der Waals surface area contributed by atoms with Gasteiger partial charge in [-0.05, 0) is 45.2 Å². The summed E-state index contributed by atoms with van der Waals surface area (Å²) >= 11 is 0. The van der Waals surface area contributed by atoms with E-state index in [-0.39, 0.29) is 0 Å². The summed E-state index contributed by atoms with van der Waals surface area (Å²) < 4.78 is 12.0. The minimum atomic E-state index is -0.944. The van der Waals surface area contributed by atoms with E-state index in [1.807, 2.05) is 38.1 Å². The first kappa shape index (κ1) is 17.1. The van der Waals surface area contributed by atoms with Crippen LogP contribution in [0.25, 0.3) is 32.7 Å². The molecule has 0 aliphatic heterocycles. The van der Waals surface area contributed by atoms with E-state index in [2.05, 4.69) is 30.3 Å². The van der Waals surface area contributed by atoms with Gasteiger partial charge in [-0.1, -0.05) is 47.9 Å². The molecule has 1 N–H and O–H groups in total. The van der Waals surface area contributed by atoms with Crippen LogP contribution in [0.1, 0.15) is 27.7 Å². The summed E-state index contributed by atoms with van der Waals surface area (Å²) in [6.45, 7) is 7.25. The van der Waals surface area contributed by atoms with Gasteiger partial charge in [-0.2, -0.15) is 0 Å². The van der Waals surface area contributed by atoms with Gasteiger partial charge < -0.3 is 14.2 Å². The standard InChI is InChI=1S/C22H22BO3/c1-21(2,24)22(3,4)26-23-15-10-12-16-14(13-15)9-11-18-17-7-5-6-8-19(17)25-20(16)18/h5-13,24H,1-4H3. The van der Waals surface area contributed by atoms with Crippen molar-refractivity contribution in [1.29, 1.82) is 0 Å². The van der Waals surface area contributed by atoms with Crippen molar-refractivity contribution in [2.24, 2.45) is 0 Å². The number of hydrogen-bond acceptors (Lipinski definition) is 3. The third-order valence-corrected chi connectivity index (χ3v) is 5.35. The molecule has 3 aromatic carbocycles. The molecule has 0 aliphatic rings. The van der Waals surface area contributed by atoms with Gasteiger partial charge in [0, 0.05) is 16.2 Å². The lowest BCUT2D eigenvalue weighted by molar-refractivity contribution is -0.0893. The van der Waals surface area contributed by atoms with Gasteiger partial charge in [0.05, 0.1) is 11.2 Å². The molecule has 0 saturated heterocycles. The molecular weight excluding hydrogens is 323 g/mol. The van der Waals surface area contributed by atoms with Crippen molar-refractivity contribution in [1.82, 2.24) is 0 Å². The first-order valence-electron chi connectivity index (χ1n) is 8.84. The molecule has 4 rings (SSSR count). The molecule has 1 aromatic heterocycles. The lowest BCUT2D eigenvalue weighted by Gasteiger charge is -2.37. The van der Waals surface area contributed by atoms with E-state index >= 15 is 0 Å². The van der Waals surface area contributed by atoms with Gasteiger partial charge in [-0.25, -0.2) is 0 Å². The van der Waals surface area contributed by atoms with Crippen LogP contribution < -0.4 is 5.46 Å². The monoisotopic (exact) mass is 345 g/mol. The predicted molar refractivity (Wildman–Crippen MR) is 108 cm³/mol. The summed E-state index contributed by atoms with van der Waals surface area (Å²) in [7, 11) is 1.71. The Balaban J connectivity index is 1.72. The Morgan fingerprint density at radius 3 is 2.38 bits per heavy atom. The molecule has 0 saturated carbocycles. The molecule has 26 heavy (non-hydrogen) atoms. The highest BCUT2D eigenvalue weighted by Gasteiger charge is 2.35. The summed E-state index contributed by atoms with van der Waals surface area (Å²) in [5.41, 5.74) is 1.13. The lowest BCUT2D eigenvalue weighted by Crippen LogP contribution is -2.49. The predicted octanol–water partition coefficient (Wildman–Crippen LogP) is 4.55. The van der Waals surface area contributed by atoms with E-state index in [4.69, 9.17) is 9.07 Å². The average Bonchev–Trinajstić information content (AvgIpc) is 2.98. The van der Waals surface area contributed by atoms with Crippen LogP contribution in [-0.4, -0.2) is 23.8 Å². The largest absolute Gasteiger partial charge is 0.455 e. The Morgan fingerprint density at radius 2 is 1.62 bits per heavy atom. The number of hydrogen-bond donors (Lipinski definition) is 1. The van der Waals surface area contributed by atoms with Crippen molar-refractivity contribution >= 4 is 45.7 Å². The molecule has 1 radical (unpaired) electrons. The molecule has 0 atom stereocenters. The molecule has 0 fully saturated rings. The summed E-state index contributed by atoms with van der Waals surface area (Å²) in [4.78, 5) is 0. The second-order valence-corrected chi connectivity index (χ2v) is 7.83. The number of aliphatic hydroxyl groups is 1. The number of para-hydroxylation sites is 1. The van der Waals surface area contributed by atoms with Gasteiger partial charge in [-0.15, -0.1) is 0 Å². The van der Waals surface area contributed by atoms with Gasteiger partial charge in [0.15, 0.2) is 0 Å². The Hall–Kier alpha value is -2.30. The topological polar surface area (TPSA) is 42.6 Å². The summed E-state index contributed by atoms with van der Waals surface area (Å²) in [5, 5.41) is 14.7. The fourth-order valence-corrected chi connectivity index (χ4v) is 2.96. The van der Waals surface area contributed by atoms with Crippen LogP contribution in [0.3, 0.4) is 0 Å². The van der Waals surface area contributed by atoms with Crippen LogP contribution in [0.4, 0.5) is 0 Å². The molecule has 131 valence electrons. The van der Waals surface area contributed by atoms with E-state index in [0.29, 0.717) is 0 Å². The molecule has 1 heterocycles. The van der Waals surface area contributed by atoms with E-state index in [9.17, 15) is 5.11 Å². The number of rotatable bonds is 4. The molecule has 3 nitrogen and oxygen atoms in total. The fourth-order valence-electron chi connectivity index (χ4n) is 2.96. The second kappa shape index (κ2) is 5.87. The minimum Gasteiger partial charge on any atom is -0.455 e. The molecule has 4 heteroatoms. The Bertz CT molecular complexity index is 1100. The zero-order valence-corrected chi connectivity index (χ0v) is 15.5. The summed E-state index contributed by atoms with van der Waals surface area (Å²) in [5.74, 6) is 0. The summed E-state index contributed by atoms with van der Waals surface area (Å²) in [6, 6.07) is 18.5. The zero-order valence-electron chi connectivity index (χ0n) is 15.5. The Morgan fingerprint density at radius 1 is 0.885 bits per heavy atom. The van der Waals surface area contributed by atoms with Gasteiger partial charge in [0.2, 0.25) is 0 Å². The molecule has 4 aromatic rings. The fraction of sp³-hybridized carbons (Fsp3) is 0.273. The molecule has 0 bridgehead atoms. The quantitative estimate of drug-likeness (QED) is 0.552. The molecule has 0 amide bonds. The highest BCUT2D eigenvalue weighted by atomic mass is 16.5. The number of furan rings is 1. The van der Waals surface area contributed by atoms with Crippen molar-refractivity contribution in [3.63, 3.8) is 0 Å². The smallest absolute Gasteiger partial charge is 0.330 e. The zero-order chi connectivity index (χ0) is 18.5. The van der Waals surface area contributed by atoms with Crippen molar-refractivity contribution < 1.29 is 14.2 Å². The van der Waals surface area contributed by atoms with E-state index in [0.717, 1.165) is 38.2 Å². The maximum Gasteiger partial charge on any atom is 0.330 e. The van der Waals surface area contributed by atoms with Gasteiger partial charge in [0.25, 0.3) is 0 Å². The van der Waals surface area contributed by atoms with E-state index in [1.165, 1.54) is 0 Å². The number of fused-ring (bicyclic) bond motifs is 5. The second-order valence-electron chi connectivity index (χ2n) is 7.83. The third kappa shape index (κ3) is 2.79. The molecule has 0 unspecified atom stereocenters. The first-order chi connectivity index (χ1) is 12.3. The maximum atomic E-state index is 10.2. The molecule has 0 spiro atoms. The van der Waals surface area contributed by atoms with Gasteiger partial charge in [-0.3, -0.25) is 0 Å². The molecule has 0 aliphatic carbocycles. The van der Waals surface area contributed by atoms with Crippen molar-refractivity contribution in [3.05, 3.63) is 54.6 Å². The van der Waals surface area contributed by atoms with Crippen LogP contribution >= 0.6 is 0 Å². The van der Waals surface area contributed by atoms with E-state index < -0.39 is 11.2 Å². The van der Waals surface area contributed by atoms with Crippen LogP contribution in [0, 0.1) is 0 Å². The number of benzene rings is 3. The highest BCUT2D eigenvalue weighted by Crippen LogP contribution is 2.33. The van der Waals surface area contributed by atoms with Gasteiger partial charge in [0.1, 0.15) is 11.2 Å². The normalized spacial score (nSPS) is 13.0. The van der Waals surface area contributed by atoms with Crippen molar-refractivity contribution in [3.8, 4) is 0 Å². The lowest BCUT2D eigenvalue weighted by atomic mass is 9.82. The molecular formula is C22H22BO3. The SMILES string of the molecule is CC(C)(O)C(C)(C)O[B]c1ccc2c(ccc3c4ccccc4oc23)c1. The Kier molecular flexibility index (Phi) is 3.87. The third-order valence-electron chi connectivity index (χ3n) is 5.35. The van der Waals surface area contributed by atoms with Crippen molar-refractivity contribution in [2.45, 2.75) is 38.9 Å². The van der Waals surface area contributed by atoms with Crippen molar-refractivity contribution in [2.75, 3.05) is 0 Å². The van der Waals surface area contributed by atoms with Gasteiger partial charge >= 0.3 is 7.48 Å². The van der Waals surface area contributed by atoms with Crippen LogP contribution in [0.15, 0.2) is 59.0 Å².